The average Bonchev–Trinajstić information content (AvgIpc) is 2.87. The van der Waals surface area contributed by atoms with E-state index in [4.69, 9.17) is 10.5 Å². The predicted octanol–water partition coefficient (Wildman–Crippen LogP) is 4.18. The number of aromatic nitrogens is 1. The molecule has 0 amide bonds. The highest BCUT2D eigenvalue weighted by Gasteiger charge is 2.09. The van der Waals surface area contributed by atoms with Gasteiger partial charge in [0.1, 0.15) is 11.5 Å². The highest BCUT2D eigenvalue weighted by molar-refractivity contribution is 7.18. The fraction of sp³-hybridized carbons (Fsp3) is 0. The molecule has 1 heterocycles. The number of nitrogens with two attached hydrogens (primary N) is 1. The summed E-state index contributed by atoms with van der Waals surface area (Å²) in [6.07, 6.45) is 1.77. The van der Waals surface area contributed by atoms with Crippen LogP contribution in [0.5, 0.6) is 11.5 Å². The molecule has 0 bridgehead atoms. The van der Waals surface area contributed by atoms with Crippen LogP contribution in [-0.4, -0.2) is 4.98 Å². The number of benzene rings is 2. The molecule has 0 unspecified atom stereocenters. The molecular formula is C15H12N2OS. The van der Waals surface area contributed by atoms with Gasteiger partial charge in [0, 0.05) is 11.8 Å². The Morgan fingerprint density at radius 1 is 0.947 bits per heavy atom. The van der Waals surface area contributed by atoms with Crippen molar-refractivity contribution in [2.75, 3.05) is 5.73 Å². The number of hydrogen-bond acceptors (Lipinski definition) is 4. The van der Waals surface area contributed by atoms with E-state index in [2.05, 4.69) is 4.98 Å². The van der Waals surface area contributed by atoms with Gasteiger partial charge in [0.05, 0.1) is 4.88 Å². The van der Waals surface area contributed by atoms with Crippen molar-refractivity contribution < 1.29 is 4.74 Å². The van der Waals surface area contributed by atoms with E-state index in [-0.39, 0.29) is 0 Å². The van der Waals surface area contributed by atoms with E-state index in [0.717, 1.165) is 21.9 Å². The number of para-hydroxylation sites is 2. The summed E-state index contributed by atoms with van der Waals surface area (Å²) in [4.78, 5) is 5.09. The summed E-state index contributed by atoms with van der Waals surface area (Å²) < 4.78 is 5.91. The largest absolute Gasteiger partial charge is 0.457 e. The normalized spacial score (nSPS) is 10.3. The molecule has 94 valence electrons. The van der Waals surface area contributed by atoms with Crippen LogP contribution in [0, 0.1) is 0 Å². The van der Waals surface area contributed by atoms with Crippen LogP contribution in [0.3, 0.4) is 0 Å². The van der Waals surface area contributed by atoms with Crippen molar-refractivity contribution >= 4 is 16.5 Å². The molecule has 0 saturated heterocycles. The van der Waals surface area contributed by atoms with Crippen molar-refractivity contribution in [3.63, 3.8) is 0 Å². The minimum Gasteiger partial charge on any atom is -0.457 e. The minimum absolute atomic E-state index is 0.560. The molecule has 0 atom stereocenters. The van der Waals surface area contributed by atoms with Gasteiger partial charge in [-0.3, -0.25) is 0 Å². The Bertz CT molecular complexity index is 679. The lowest BCUT2D eigenvalue weighted by molar-refractivity contribution is 0.484. The Hall–Kier alpha value is -2.33. The summed E-state index contributed by atoms with van der Waals surface area (Å²) in [6, 6.07) is 17.6. The molecule has 3 rings (SSSR count). The molecule has 0 aliphatic heterocycles. The maximum Gasteiger partial charge on any atom is 0.180 e. The smallest absolute Gasteiger partial charge is 0.180 e. The molecule has 0 aliphatic carbocycles. The third kappa shape index (κ3) is 2.58. The lowest BCUT2D eigenvalue weighted by Crippen LogP contribution is -1.86. The van der Waals surface area contributed by atoms with Crippen molar-refractivity contribution in [1.29, 1.82) is 0 Å². The second-order valence-electron chi connectivity index (χ2n) is 3.97. The van der Waals surface area contributed by atoms with Gasteiger partial charge >= 0.3 is 0 Å². The molecule has 3 aromatic rings. The predicted molar refractivity (Wildman–Crippen MR) is 78.5 cm³/mol. The standard InChI is InChI=1S/C15H12N2OS/c16-15-17-10-14(19-15)12-8-4-5-9-13(12)18-11-6-2-1-3-7-11/h1-10H,(H2,16,17). The minimum atomic E-state index is 0.560. The van der Waals surface area contributed by atoms with Crippen LogP contribution in [0.15, 0.2) is 60.8 Å². The van der Waals surface area contributed by atoms with Gasteiger partial charge in [0.25, 0.3) is 0 Å². The first-order chi connectivity index (χ1) is 9.33. The van der Waals surface area contributed by atoms with Crippen LogP contribution in [0.25, 0.3) is 10.4 Å². The molecule has 0 fully saturated rings. The van der Waals surface area contributed by atoms with Crippen LogP contribution in [0.2, 0.25) is 0 Å². The molecule has 1 aromatic heterocycles. The van der Waals surface area contributed by atoms with Gasteiger partial charge < -0.3 is 10.5 Å². The molecular weight excluding hydrogens is 256 g/mol. The van der Waals surface area contributed by atoms with Gasteiger partial charge in [-0.25, -0.2) is 4.98 Å². The Morgan fingerprint density at radius 3 is 2.42 bits per heavy atom. The van der Waals surface area contributed by atoms with E-state index >= 15 is 0 Å². The first-order valence-electron chi connectivity index (χ1n) is 5.86. The SMILES string of the molecule is Nc1ncc(-c2ccccc2Oc2ccccc2)s1. The molecule has 19 heavy (non-hydrogen) atoms. The zero-order chi connectivity index (χ0) is 13.1. The fourth-order valence-electron chi connectivity index (χ4n) is 1.79. The molecule has 2 N–H and O–H groups in total. The summed E-state index contributed by atoms with van der Waals surface area (Å²) in [6.45, 7) is 0. The number of nitrogen functional groups attached to an aromatic ring is 1. The van der Waals surface area contributed by atoms with Gasteiger partial charge in [0.2, 0.25) is 0 Å². The Morgan fingerprint density at radius 2 is 1.68 bits per heavy atom. The molecule has 0 aliphatic rings. The van der Waals surface area contributed by atoms with Crippen LogP contribution in [0.1, 0.15) is 0 Å². The Kier molecular flexibility index (Phi) is 3.16. The first kappa shape index (κ1) is 11.7. The van der Waals surface area contributed by atoms with Crippen molar-refractivity contribution in [2.24, 2.45) is 0 Å². The highest BCUT2D eigenvalue weighted by atomic mass is 32.1. The molecule has 2 aromatic carbocycles. The van der Waals surface area contributed by atoms with E-state index in [1.165, 1.54) is 11.3 Å². The van der Waals surface area contributed by atoms with Crippen molar-refractivity contribution in [2.45, 2.75) is 0 Å². The summed E-state index contributed by atoms with van der Waals surface area (Å²) in [5.41, 5.74) is 6.69. The number of anilines is 1. The topological polar surface area (TPSA) is 48.1 Å². The Balaban J connectivity index is 1.98. The third-order valence-corrected chi connectivity index (χ3v) is 3.51. The van der Waals surface area contributed by atoms with Gasteiger partial charge in [-0.05, 0) is 24.3 Å². The van der Waals surface area contributed by atoms with Crippen molar-refractivity contribution in [3.8, 4) is 21.9 Å². The second kappa shape index (κ2) is 5.12. The summed E-state index contributed by atoms with van der Waals surface area (Å²) in [5.74, 6) is 1.62. The number of nitrogens with zero attached hydrogens (tertiary/aromatic N) is 1. The van der Waals surface area contributed by atoms with Crippen molar-refractivity contribution in [1.82, 2.24) is 4.98 Å². The van der Waals surface area contributed by atoms with Gasteiger partial charge in [-0.1, -0.05) is 41.7 Å². The van der Waals surface area contributed by atoms with E-state index in [0.29, 0.717) is 5.13 Å². The monoisotopic (exact) mass is 268 g/mol. The first-order valence-corrected chi connectivity index (χ1v) is 6.68. The van der Waals surface area contributed by atoms with Gasteiger partial charge in [0.15, 0.2) is 5.13 Å². The molecule has 0 spiro atoms. The number of hydrogen-bond donors (Lipinski definition) is 1. The van der Waals surface area contributed by atoms with E-state index < -0.39 is 0 Å². The Labute approximate surface area is 115 Å². The average molecular weight is 268 g/mol. The molecule has 0 radical (unpaired) electrons. The molecule has 0 saturated carbocycles. The van der Waals surface area contributed by atoms with Crippen LogP contribution < -0.4 is 10.5 Å². The maximum absolute atomic E-state index is 5.91. The number of ether oxygens (including phenoxy) is 1. The number of thiazole rings is 1. The van der Waals surface area contributed by atoms with Gasteiger partial charge in [-0.15, -0.1) is 0 Å². The zero-order valence-electron chi connectivity index (χ0n) is 10.1. The highest BCUT2D eigenvalue weighted by Crippen LogP contribution is 2.36. The number of rotatable bonds is 3. The van der Waals surface area contributed by atoms with Gasteiger partial charge in [-0.2, -0.15) is 0 Å². The third-order valence-electron chi connectivity index (χ3n) is 2.65. The van der Waals surface area contributed by atoms with Crippen LogP contribution in [0.4, 0.5) is 5.13 Å². The van der Waals surface area contributed by atoms with E-state index in [1.54, 1.807) is 6.20 Å². The summed E-state index contributed by atoms with van der Waals surface area (Å²) >= 11 is 1.45. The van der Waals surface area contributed by atoms with Crippen LogP contribution >= 0.6 is 11.3 Å². The lowest BCUT2D eigenvalue weighted by atomic mass is 10.2. The fourth-order valence-corrected chi connectivity index (χ4v) is 2.50. The lowest BCUT2D eigenvalue weighted by Gasteiger charge is -2.09. The molecule has 4 heteroatoms. The molecule has 3 nitrogen and oxygen atoms in total. The zero-order valence-corrected chi connectivity index (χ0v) is 10.9. The summed E-state index contributed by atoms with van der Waals surface area (Å²) in [5, 5.41) is 0.560. The second-order valence-corrected chi connectivity index (χ2v) is 5.04. The maximum atomic E-state index is 5.91. The van der Waals surface area contributed by atoms with Crippen molar-refractivity contribution in [3.05, 3.63) is 60.8 Å². The van der Waals surface area contributed by atoms with Crippen LogP contribution in [-0.2, 0) is 0 Å². The quantitative estimate of drug-likeness (QED) is 0.775. The van der Waals surface area contributed by atoms with E-state index in [1.807, 2.05) is 54.6 Å². The summed E-state index contributed by atoms with van der Waals surface area (Å²) in [7, 11) is 0. The van der Waals surface area contributed by atoms with E-state index in [9.17, 15) is 0 Å².